The molecular weight excluding hydrogens is 264 g/mol. The molecule has 16 heavy (non-hydrogen) atoms. The lowest BCUT2D eigenvalue weighted by molar-refractivity contribution is 0.896. The minimum atomic E-state index is 1.01. The van der Waals surface area contributed by atoms with Gasteiger partial charge < -0.3 is 0 Å². The summed E-state index contributed by atoms with van der Waals surface area (Å²) >= 11 is 3.46. The van der Waals surface area contributed by atoms with Crippen LogP contribution < -0.4 is 0 Å². The Kier molecular flexibility index (Phi) is 2.26. The molecule has 3 heteroatoms. The molecule has 2 nitrogen and oxygen atoms in total. The van der Waals surface area contributed by atoms with Crippen LogP contribution >= 0.6 is 15.9 Å². The minimum absolute atomic E-state index is 1.01. The molecule has 3 rings (SSSR count). The number of fused-ring (bicyclic) bond motifs is 1. The summed E-state index contributed by atoms with van der Waals surface area (Å²) in [6.45, 7) is 0. The molecular formula is C13H9BrN2. The predicted octanol–water partition coefficient (Wildman–Crippen LogP) is 3.79. The highest BCUT2D eigenvalue weighted by Gasteiger charge is 2.02. The largest absolute Gasteiger partial charge is 0.240 e. The standard InChI is InChI=1S/C13H9BrN2/c14-11-6-7-13-10(8-11)9-16(15-13)12-4-2-1-3-5-12/h1-9H. The molecule has 78 valence electrons. The van der Waals surface area contributed by atoms with E-state index in [2.05, 4.69) is 27.1 Å². The van der Waals surface area contributed by atoms with Crippen molar-refractivity contribution in [3.05, 3.63) is 59.2 Å². The third kappa shape index (κ3) is 1.63. The van der Waals surface area contributed by atoms with Crippen LogP contribution in [-0.2, 0) is 0 Å². The Morgan fingerprint density at radius 1 is 1.00 bits per heavy atom. The maximum atomic E-state index is 4.52. The first kappa shape index (κ1) is 9.60. The quantitative estimate of drug-likeness (QED) is 0.659. The molecule has 0 N–H and O–H groups in total. The minimum Gasteiger partial charge on any atom is -0.240 e. The molecule has 0 aliphatic rings. The molecule has 0 radical (unpaired) electrons. The number of benzene rings is 2. The lowest BCUT2D eigenvalue weighted by atomic mass is 10.3. The molecule has 0 bridgehead atoms. The Balaban J connectivity index is 2.19. The van der Waals surface area contributed by atoms with Gasteiger partial charge in [0.1, 0.15) is 0 Å². The number of aromatic nitrogens is 2. The van der Waals surface area contributed by atoms with Crippen LogP contribution in [0.25, 0.3) is 16.6 Å². The van der Waals surface area contributed by atoms with Crippen LogP contribution in [0.5, 0.6) is 0 Å². The summed E-state index contributed by atoms with van der Waals surface area (Å²) in [5, 5.41) is 5.66. The van der Waals surface area contributed by atoms with Crippen LogP contribution in [-0.4, -0.2) is 9.78 Å². The molecule has 3 aromatic rings. The van der Waals surface area contributed by atoms with Crippen molar-refractivity contribution >= 4 is 26.8 Å². The van der Waals surface area contributed by atoms with E-state index in [-0.39, 0.29) is 0 Å². The zero-order valence-electron chi connectivity index (χ0n) is 8.47. The maximum absolute atomic E-state index is 4.52. The second-order valence-corrected chi connectivity index (χ2v) is 4.53. The molecule has 1 heterocycles. The van der Waals surface area contributed by atoms with E-state index >= 15 is 0 Å². The van der Waals surface area contributed by atoms with Gasteiger partial charge in [0.2, 0.25) is 0 Å². The van der Waals surface area contributed by atoms with E-state index in [1.807, 2.05) is 53.3 Å². The molecule has 0 aliphatic heterocycles. The lowest BCUT2D eigenvalue weighted by Gasteiger charge is -1.98. The SMILES string of the molecule is Brc1ccc2nn(-c3ccccc3)cc2c1. The van der Waals surface area contributed by atoms with Gasteiger partial charge >= 0.3 is 0 Å². The van der Waals surface area contributed by atoms with E-state index in [4.69, 9.17) is 0 Å². The van der Waals surface area contributed by atoms with Gasteiger partial charge in [-0.1, -0.05) is 34.1 Å². The van der Waals surface area contributed by atoms with Gasteiger partial charge in [0.15, 0.2) is 0 Å². The Morgan fingerprint density at radius 3 is 2.62 bits per heavy atom. The van der Waals surface area contributed by atoms with Crippen LogP contribution in [0.3, 0.4) is 0 Å². The van der Waals surface area contributed by atoms with E-state index in [9.17, 15) is 0 Å². The Bertz CT molecular complexity index is 629. The van der Waals surface area contributed by atoms with Crippen molar-refractivity contribution < 1.29 is 0 Å². The predicted molar refractivity (Wildman–Crippen MR) is 68.8 cm³/mol. The normalized spacial score (nSPS) is 10.8. The number of halogens is 1. The molecule has 1 aromatic heterocycles. The Hall–Kier alpha value is -1.61. The van der Waals surface area contributed by atoms with Crippen LogP contribution in [0.2, 0.25) is 0 Å². The van der Waals surface area contributed by atoms with Gasteiger partial charge in [-0.15, -0.1) is 0 Å². The monoisotopic (exact) mass is 272 g/mol. The molecule has 2 aromatic carbocycles. The molecule has 0 fully saturated rings. The van der Waals surface area contributed by atoms with Gasteiger partial charge in [0.25, 0.3) is 0 Å². The molecule has 0 spiro atoms. The maximum Gasteiger partial charge on any atom is 0.0928 e. The zero-order chi connectivity index (χ0) is 11.0. The molecule has 0 saturated heterocycles. The van der Waals surface area contributed by atoms with Crippen molar-refractivity contribution in [1.29, 1.82) is 0 Å². The summed E-state index contributed by atoms with van der Waals surface area (Å²) < 4.78 is 2.98. The third-order valence-electron chi connectivity index (χ3n) is 2.49. The number of para-hydroxylation sites is 1. The average Bonchev–Trinajstić information content (AvgIpc) is 2.73. The number of hydrogen-bond donors (Lipinski definition) is 0. The van der Waals surface area contributed by atoms with Gasteiger partial charge in [0, 0.05) is 16.1 Å². The van der Waals surface area contributed by atoms with Crippen LogP contribution in [0.1, 0.15) is 0 Å². The number of rotatable bonds is 1. The zero-order valence-corrected chi connectivity index (χ0v) is 10.1. The van der Waals surface area contributed by atoms with E-state index in [1.54, 1.807) is 0 Å². The highest BCUT2D eigenvalue weighted by atomic mass is 79.9. The fraction of sp³-hybridized carbons (Fsp3) is 0. The van der Waals surface area contributed by atoms with E-state index < -0.39 is 0 Å². The first-order valence-corrected chi connectivity index (χ1v) is 5.82. The molecule has 0 saturated carbocycles. The summed E-state index contributed by atoms with van der Waals surface area (Å²) in [6, 6.07) is 16.2. The summed E-state index contributed by atoms with van der Waals surface area (Å²) in [5.41, 5.74) is 2.09. The van der Waals surface area contributed by atoms with Gasteiger partial charge in [-0.2, -0.15) is 5.10 Å². The smallest absolute Gasteiger partial charge is 0.0928 e. The first-order valence-electron chi connectivity index (χ1n) is 5.03. The number of hydrogen-bond acceptors (Lipinski definition) is 1. The Morgan fingerprint density at radius 2 is 1.81 bits per heavy atom. The van der Waals surface area contributed by atoms with Crippen molar-refractivity contribution in [3.8, 4) is 5.69 Å². The summed E-state index contributed by atoms with van der Waals surface area (Å²) in [4.78, 5) is 0. The first-order chi connectivity index (χ1) is 7.83. The van der Waals surface area contributed by atoms with Crippen LogP contribution in [0.4, 0.5) is 0 Å². The highest BCUT2D eigenvalue weighted by Crippen LogP contribution is 2.20. The second kappa shape index (κ2) is 3.76. The fourth-order valence-corrected chi connectivity index (χ4v) is 2.09. The van der Waals surface area contributed by atoms with Gasteiger partial charge in [0.05, 0.1) is 11.2 Å². The van der Waals surface area contributed by atoms with Crippen molar-refractivity contribution in [1.82, 2.24) is 9.78 Å². The average molecular weight is 273 g/mol. The Labute approximate surface area is 102 Å². The van der Waals surface area contributed by atoms with E-state index in [0.717, 1.165) is 21.1 Å². The molecule has 0 aliphatic carbocycles. The van der Waals surface area contributed by atoms with Gasteiger partial charge in [-0.25, -0.2) is 4.68 Å². The highest BCUT2D eigenvalue weighted by molar-refractivity contribution is 9.10. The summed E-state index contributed by atoms with van der Waals surface area (Å²) in [7, 11) is 0. The molecule has 0 atom stereocenters. The van der Waals surface area contributed by atoms with Crippen LogP contribution in [0.15, 0.2) is 59.2 Å². The van der Waals surface area contributed by atoms with Crippen LogP contribution in [0, 0.1) is 0 Å². The summed E-state index contributed by atoms with van der Waals surface area (Å²) in [5.74, 6) is 0. The lowest BCUT2D eigenvalue weighted by Crippen LogP contribution is -1.92. The van der Waals surface area contributed by atoms with E-state index in [0.29, 0.717) is 0 Å². The van der Waals surface area contributed by atoms with E-state index in [1.165, 1.54) is 0 Å². The second-order valence-electron chi connectivity index (χ2n) is 3.61. The molecule has 0 unspecified atom stereocenters. The van der Waals surface area contributed by atoms with Crippen molar-refractivity contribution in [2.75, 3.05) is 0 Å². The fourth-order valence-electron chi connectivity index (χ4n) is 1.71. The van der Waals surface area contributed by atoms with Crippen molar-refractivity contribution in [2.45, 2.75) is 0 Å². The topological polar surface area (TPSA) is 17.8 Å². The van der Waals surface area contributed by atoms with Crippen molar-refractivity contribution in [2.24, 2.45) is 0 Å². The molecule has 0 amide bonds. The number of nitrogens with zero attached hydrogens (tertiary/aromatic N) is 2. The van der Waals surface area contributed by atoms with Gasteiger partial charge in [-0.05, 0) is 30.3 Å². The van der Waals surface area contributed by atoms with Crippen molar-refractivity contribution in [3.63, 3.8) is 0 Å². The third-order valence-corrected chi connectivity index (χ3v) is 2.98. The van der Waals surface area contributed by atoms with Gasteiger partial charge in [-0.3, -0.25) is 0 Å². The summed E-state index contributed by atoms with van der Waals surface area (Å²) in [6.07, 6.45) is 2.04.